The van der Waals surface area contributed by atoms with Gasteiger partial charge in [-0.1, -0.05) is 35.9 Å². The largest absolute Gasteiger partial charge is 0.355 e. The van der Waals surface area contributed by atoms with Crippen LogP contribution in [-0.2, 0) is 26.2 Å². The fourth-order valence-corrected chi connectivity index (χ4v) is 4.64. The lowest BCUT2D eigenvalue weighted by Gasteiger charge is -2.29. The number of anilines is 1. The molecule has 7 nitrogen and oxygen atoms in total. The average Bonchev–Trinajstić information content (AvgIpc) is 2.77. The summed E-state index contributed by atoms with van der Waals surface area (Å²) in [7, 11) is -3.51. The van der Waals surface area contributed by atoms with Crippen molar-refractivity contribution in [2.75, 3.05) is 23.7 Å². The summed E-state index contributed by atoms with van der Waals surface area (Å²) in [6.07, 6.45) is 1.64. The molecule has 0 radical (unpaired) electrons. The highest BCUT2D eigenvalue weighted by Gasteiger charge is 2.26. The van der Waals surface area contributed by atoms with Gasteiger partial charge in [-0.3, -0.25) is 13.9 Å². The van der Waals surface area contributed by atoms with Crippen molar-refractivity contribution >= 4 is 27.5 Å². The maximum Gasteiger partial charge on any atom is 0.242 e. The van der Waals surface area contributed by atoms with E-state index in [-0.39, 0.29) is 24.8 Å². The molecule has 0 bridgehead atoms. The molecular weight excluding hydrogens is 450 g/mol. The van der Waals surface area contributed by atoms with E-state index in [2.05, 4.69) is 5.32 Å². The summed E-state index contributed by atoms with van der Waals surface area (Å²) in [5, 5.41) is 2.78. The third-order valence-corrected chi connectivity index (χ3v) is 7.12. The van der Waals surface area contributed by atoms with E-state index < -0.39 is 16.1 Å². The Bertz CT molecular complexity index is 1100. The Morgan fingerprint density at radius 3 is 2.21 bits per heavy atom. The number of hydrogen-bond donors (Lipinski definition) is 1. The maximum atomic E-state index is 13.2. The van der Waals surface area contributed by atoms with Crippen molar-refractivity contribution in [2.24, 2.45) is 0 Å². The zero-order chi connectivity index (χ0) is 25.5. The van der Waals surface area contributed by atoms with Crippen LogP contribution in [-0.4, -0.2) is 50.5 Å². The maximum absolute atomic E-state index is 13.2. The van der Waals surface area contributed by atoms with Gasteiger partial charge in [0.05, 0.1) is 11.9 Å². The van der Waals surface area contributed by atoms with Crippen molar-refractivity contribution in [1.29, 1.82) is 0 Å². The van der Waals surface area contributed by atoms with Crippen LogP contribution >= 0.6 is 0 Å². The Balaban J connectivity index is 2.16. The average molecular weight is 488 g/mol. The van der Waals surface area contributed by atoms with E-state index >= 15 is 0 Å². The highest BCUT2D eigenvalue weighted by Crippen LogP contribution is 2.22. The quantitative estimate of drug-likeness (QED) is 0.523. The first-order valence-corrected chi connectivity index (χ1v) is 13.5. The summed E-state index contributed by atoms with van der Waals surface area (Å²) in [6.45, 7) is 10.4. The second kappa shape index (κ2) is 12.0. The smallest absolute Gasteiger partial charge is 0.242 e. The third kappa shape index (κ3) is 7.58. The summed E-state index contributed by atoms with van der Waals surface area (Å²) >= 11 is 0. The molecule has 0 spiro atoms. The van der Waals surface area contributed by atoms with Gasteiger partial charge in [0.1, 0.15) is 6.04 Å². The molecule has 0 unspecified atom stereocenters. The van der Waals surface area contributed by atoms with Gasteiger partial charge in [0, 0.05) is 26.1 Å². The fourth-order valence-electron chi connectivity index (χ4n) is 3.68. The van der Waals surface area contributed by atoms with Crippen LogP contribution in [0.25, 0.3) is 0 Å². The first-order valence-electron chi connectivity index (χ1n) is 11.6. The van der Waals surface area contributed by atoms with Crippen molar-refractivity contribution < 1.29 is 18.0 Å². The molecule has 34 heavy (non-hydrogen) atoms. The van der Waals surface area contributed by atoms with Gasteiger partial charge >= 0.3 is 0 Å². The normalized spacial score (nSPS) is 12.2. The minimum absolute atomic E-state index is 0.131. The van der Waals surface area contributed by atoms with Crippen molar-refractivity contribution in [1.82, 2.24) is 10.2 Å². The van der Waals surface area contributed by atoms with Crippen LogP contribution in [0.5, 0.6) is 0 Å². The molecule has 2 aromatic rings. The first-order chi connectivity index (χ1) is 15.9. The summed E-state index contributed by atoms with van der Waals surface area (Å²) in [4.78, 5) is 27.3. The molecule has 1 N–H and O–H groups in total. The Kier molecular flexibility index (Phi) is 9.67. The number of hydrogen-bond acceptors (Lipinski definition) is 4. The second-order valence-corrected chi connectivity index (χ2v) is 10.7. The zero-order valence-corrected chi connectivity index (χ0v) is 21.9. The third-order valence-electron chi connectivity index (χ3n) is 5.92. The molecule has 2 rings (SSSR count). The number of carbonyl (C=O) groups is 2. The number of sulfonamides is 1. The SMILES string of the molecule is CCNC(=O)[C@@H](C)N(Cc1ccc(C)cc1)C(=O)CCCN(c1ccc(C)c(C)c1)S(C)(=O)=O. The summed E-state index contributed by atoms with van der Waals surface area (Å²) < 4.78 is 26.2. The lowest BCUT2D eigenvalue weighted by molar-refractivity contribution is -0.140. The lowest BCUT2D eigenvalue weighted by atomic mass is 10.1. The molecule has 0 saturated heterocycles. The molecule has 186 valence electrons. The number of amides is 2. The minimum atomic E-state index is -3.51. The van der Waals surface area contributed by atoms with Gasteiger partial charge in [-0.25, -0.2) is 8.42 Å². The first kappa shape index (κ1) is 27.4. The highest BCUT2D eigenvalue weighted by molar-refractivity contribution is 7.92. The van der Waals surface area contributed by atoms with Crippen LogP contribution in [0.4, 0.5) is 5.69 Å². The number of carbonyl (C=O) groups excluding carboxylic acids is 2. The van der Waals surface area contributed by atoms with Gasteiger partial charge in [-0.15, -0.1) is 0 Å². The van der Waals surface area contributed by atoms with Crippen molar-refractivity contribution in [2.45, 2.75) is 60.0 Å². The summed E-state index contributed by atoms with van der Waals surface area (Å²) in [5.41, 5.74) is 4.72. The zero-order valence-electron chi connectivity index (χ0n) is 21.1. The second-order valence-electron chi connectivity index (χ2n) is 8.79. The van der Waals surface area contributed by atoms with Crippen LogP contribution in [0, 0.1) is 20.8 Å². The van der Waals surface area contributed by atoms with Crippen molar-refractivity contribution in [3.63, 3.8) is 0 Å². The summed E-state index contributed by atoms with van der Waals surface area (Å²) in [6, 6.07) is 12.7. The van der Waals surface area contributed by atoms with Crippen molar-refractivity contribution in [3.8, 4) is 0 Å². The van der Waals surface area contributed by atoms with E-state index in [1.807, 2.05) is 64.1 Å². The van der Waals surface area contributed by atoms with Crippen LogP contribution in [0.15, 0.2) is 42.5 Å². The number of aryl methyl sites for hydroxylation is 3. The van der Waals surface area contributed by atoms with Crippen molar-refractivity contribution in [3.05, 3.63) is 64.7 Å². The van der Waals surface area contributed by atoms with Crippen LogP contribution in [0.1, 0.15) is 48.9 Å². The van der Waals surface area contributed by atoms with Gasteiger partial charge in [-0.2, -0.15) is 0 Å². The van der Waals surface area contributed by atoms with Gasteiger partial charge < -0.3 is 10.2 Å². The number of benzene rings is 2. The Labute approximate surface area is 204 Å². The number of nitrogens with one attached hydrogen (secondary N) is 1. The van der Waals surface area contributed by atoms with Gasteiger partial charge in [0.2, 0.25) is 21.8 Å². The van der Waals surface area contributed by atoms with Crippen LogP contribution in [0.2, 0.25) is 0 Å². The van der Waals surface area contributed by atoms with E-state index in [0.717, 1.165) is 22.3 Å². The predicted octanol–water partition coefficient (Wildman–Crippen LogP) is 3.71. The number of nitrogens with zero attached hydrogens (tertiary/aromatic N) is 2. The molecule has 0 aromatic heterocycles. The Morgan fingerprint density at radius 1 is 1.00 bits per heavy atom. The molecule has 0 fully saturated rings. The summed E-state index contributed by atoms with van der Waals surface area (Å²) in [5.74, 6) is -0.399. The van der Waals surface area contributed by atoms with E-state index in [1.54, 1.807) is 17.9 Å². The Morgan fingerprint density at radius 2 is 1.65 bits per heavy atom. The van der Waals surface area contributed by atoms with E-state index in [1.165, 1.54) is 10.6 Å². The topological polar surface area (TPSA) is 86.8 Å². The molecule has 2 amide bonds. The molecule has 0 heterocycles. The van der Waals surface area contributed by atoms with Gasteiger partial charge in [-0.05, 0) is 69.9 Å². The minimum Gasteiger partial charge on any atom is -0.355 e. The van der Waals surface area contributed by atoms with E-state index in [0.29, 0.717) is 25.2 Å². The fraction of sp³-hybridized carbons (Fsp3) is 0.462. The highest BCUT2D eigenvalue weighted by atomic mass is 32.2. The van der Waals surface area contributed by atoms with Crippen LogP contribution in [0.3, 0.4) is 0 Å². The molecule has 0 saturated carbocycles. The molecule has 0 aliphatic rings. The number of rotatable bonds is 11. The molecule has 2 aromatic carbocycles. The van der Waals surface area contributed by atoms with Gasteiger partial charge in [0.25, 0.3) is 0 Å². The standard InChI is InChI=1S/C26H37N3O4S/c1-7-27-26(31)22(5)28(18-23-13-10-19(2)11-14-23)25(30)9-8-16-29(34(6,32)33)24-15-12-20(3)21(4)17-24/h10-15,17,22H,7-9,16,18H2,1-6H3,(H,27,31)/t22-/m1/s1. The number of likely N-dealkylation sites (N-methyl/N-ethyl adjacent to an activating group) is 1. The van der Waals surface area contributed by atoms with Gasteiger partial charge in [0.15, 0.2) is 0 Å². The Hall–Kier alpha value is -2.87. The predicted molar refractivity (Wildman–Crippen MR) is 137 cm³/mol. The van der Waals surface area contributed by atoms with E-state index in [9.17, 15) is 18.0 Å². The molecular formula is C26H37N3O4S. The monoisotopic (exact) mass is 487 g/mol. The molecule has 1 atom stereocenters. The molecule has 0 aliphatic carbocycles. The lowest BCUT2D eigenvalue weighted by Crippen LogP contribution is -2.47. The molecule has 8 heteroatoms. The molecule has 0 aliphatic heterocycles. The van der Waals surface area contributed by atoms with E-state index in [4.69, 9.17) is 0 Å². The van der Waals surface area contributed by atoms with Crippen LogP contribution < -0.4 is 9.62 Å².